The van der Waals surface area contributed by atoms with Gasteiger partial charge in [0.2, 0.25) is 0 Å². The number of alkyl halides is 3. The molecule has 0 unspecified atom stereocenters. The van der Waals surface area contributed by atoms with E-state index in [1.807, 2.05) is 4.90 Å². The second-order valence-electron chi connectivity index (χ2n) is 8.90. The highest BCUT2D eigenvalue weighted by Crippen LogP contribution is 2.37. The highest BCUT2D eigenvalue weighted by Gasteiger charge is 2.37. The van der Waals surface area contributed by atoms with Crippen molar-refractivity contribution in [3.63, 3.8) is 0 Å². The highest BCUT2D eigenvalue weighted by atomic mass is 19.4. The fourth-order valence-corrected chi connectivity index (χ4v) is 4.63. The van der Waals surface area contributed by atoms with Gasteiger partial charge in [-0.15, -0.1) is 0 Å². The fraction of sp³-hybridized carbons (Fsp3) is 0.231. The summed E-state index contributed by atoms with van der Waals surface area (Å²) in [5, 5.41) is 11.5. The molecule has 0 aromatic heterocycles. The number of nitro benzene ring substituents is 1. The number of amides is 1. The molecule has 12 heteroatoms. The molecule has 2 aliphatic rings. The van der Waals surface area contributed by atoms with Gasteiger partial charge in [0.05, 0.1) is 28.5 Å². The lowest BCUT2D eigenvalue weighted by Crippen LogP contribution is -2.51. The number of benzene rings is 3. The van der Waals surface area contributed by atoms with E-state index in [1.165, 1.54) is 18.2 Å². The second-order valence-corrected chi connectivity index (χ2v) is 8.90. The smallest absolute Gasteiger partial charge is 0.363 e. The van der Waals surface area contributed by atoms with E-state index >= 15 is 0 Å². The van der Waals surface area contributed by atoms with Crippen LogP contribution in [0.25, 0.3) is 0 Å². The molecule has 1 saturated heterocycles. The standard InChI is InChI=1S/C26H21F4N5O3/c27-18-4-3-5-19(15-18)31-24-20-6-1-2-7-21(20)34(25(24)36)16-32-10-12-33(13-11-32)22-9-8-17(26(28,29)30)14-23(22)35(37)38/h1-9,14-15H,10-13,16H2. The van der Waals surface area contributed by atoms with E-state index in [1.54, 1.807) is 40.1 Å². The Morgan fingerprint density at radius 3 is 2.34 bits per heavy atom. The van der Waals surface area contributed by atoms with Crippen molar-refractivity contribution in [2.75, 3.05) is 42.6 Å². The van der Waals surface area contributed by atoms with Gasteiger partial charge < -0.3 is 4.90 Å². The topological polar surface area (TPSA) is 82.3 Å². The lowest BCUT2D eigenvalue weighted by atomic mass is 10.1. The first-order valence-electron chi connectivity index (χ1n) is 11.7. The lowest BCUT2D eigenvalue weighted by Gasteiger charge is -2.37. The van der Waals surface area contributed by atoms with Crippen LogP contribution in [0.5, 0.6) is 0 Å². The zero-order valence-electron chi connectivity index (χ0n) is 19.9. The number of anilines is 2. The number of nitro groups is 1. The van der Waals surface area contributed by atoms with Crippen molar-refractivity contribution < 1.29 is 27.3 Å². The molecule has 0 N–H and O–H groups in total. The molecule has 0 bridgehead atoms. The average molecular weight is 527 g/mol. The zero-order valence-corrected chi connectivity index (χ0v) is 19.9. The summed E-state index contributed by atoms with van der Waals surface area (Å²) in [6.07, 6.45) is -4.68. The fourth-order valence-electron chi connectivity index (χ4n) is 4.63. The van der Waals surface area contributed by atoms with E-state index in [2.05, 4.69) is 4.99 Å². The van der Waals surface area contributed by atoms with Crippen molar-refractivity contribution in [2.24, 2.45) is 4.99 Å². The summed E-state index contributed by atoms with van der Waals surface area (Å²) in [5.41, 5.74) is 0.245. The third-order valence-electron chi connectivity index (χ3n) is 6.50. The molecule has 1 amide bonds. The van der Waals surface area contributed by atoms with Gasteiger partial charge in [-0.2, -0.15) is 13.2 Å². The van der Waals surface area contributed by atoms with Crippen LogP contribution in [0.3, 0.4) is 0 Å². The number of halogens is 4. The normalized spacial score (nSPS) is 17.3. The molecule has 0 aliphatic carbocycles. The van der Waals surface area contributed by atoms with Gasteiger partial charge >= 0.3 is 6.18 Å². The van der Waals surface area contributed by atoms with Crippen LogP contribution in [-0.2, 0) is 11.0 Å². The highest BCUT2D eigenvalue weighted by molar-refractivity contribution is 6.54. The van der Waals surface area contributed by atoms with Crippen molar-refractivity contribution in [3.8, 4) is 0 Å². The van der Waals surface area contributed by atoms with E-state index in [0.717, 1.165) is 12.1 Å². The Kier molecular flexibility index (Phi) is 6.57. The summed E-state index contributed by atoms with van der Waals surface area (Å²) in [5.74, 6) is -0.801. The SMILES string of the molecule is O=C1C(=Nc2cccc(F)c2)c2ccccc2N1CN1CCN(c2ccc(C(F)(F)F)cc2[N+](=O)[O-])CC1. The Labute approximate surface area is 214 Å². The Morgan fingerprint density at radius 1 is 0.921 bits per heavy atom. The van der Waals surface area contributed by atoms with Crippen molar-refractivity contribution >= 4 is 34.4 Å². The molecule has 0 radical (unpaired) electrons. The van der Waals surface area contributed by atoms with E-state index in [-0.39, 0.29) is 24.0 Å². The van der Waals surface area contributed by atoms with Crippen LogP contribution in [0, 0.1) is 15.9 Å². The first-order chi connectivity index (χ1) is 18.1. The average Bonchev–Trinajstić information content (AvgIpc) is 3.14. The molecule has 196 valence electrons. The van der Waals surface area contributed by atoms with Crippen molar-refractivity contribution in [2.45, 2.75) is 6.18 Å². The van der Waals surface area contributed by atoms with Gasteiger partial charge in [0.25, 0.3) is 11.6 Å². The number of rotatable bonds is 5. The van der Waals surface area contributed by atoms with Gasteiger partial charge in [-0.3, -0.25) is 24.7 Å². The van der Waals surface area contributed by atoms with Gasteiger partial charge in [-0.05, 0) is 36.4 Å². The van der Waals surface area contributed by atoms with Crippen LogP contribution < -0.4 is 9.80 Å². The number of hydrogen-bond donors (Lipinski definition) is 0. The summed E-state index contributed by atoms with van der Waals surface area (Å²) >= 11 is 0. The quantitative estimate of drug-likeness (QED) is 0.265. The maximum Gasteiger partial charge on any atom is 0.416 e. The van der Waals surface area contributed by atoms with Crippen LogP contribution in [0.2, 0.25) is 0 Å². The van der Waals surface area contributed by atoms with Crippen LogP contribution >= 0.6 is 0 Å². The summed E-state index contributed by atoms with van der Waals surface area (Å²) in [6, 6.07) is 15.3. The number of aliphatic imine (C=N–C) groups is 1. The lowest BCUT2D eigenvalue weighted by molar-refractivity contribution is -0.384. The summed E-state index contributed by atoms with van der Waals surface area (Å²) in [7, 11) is 0. The number of fused-ring (bicyclic) bond motifs is 1. The number of carbonyl (C=O) groups is 1. The van der Waals surface area contributed by atoms with Crippen molar-refractivity contribution in [1.29, 1.82) is 0 Å². The van der Waals surface area contributed by atoms with Gasteiger partial charge in [0, 0.05) is 37.8 Å². The Morgan fingerprint density at radius 2 is 1.66 bits per heavy atom. The Balaban J connectivity index is 1.32. The number of piperazine rings is 1. The minimum absolute atomic E-state index is 0.120. The predicted molar refractivity (Wildman–Crippen MR) is 133 cm³/mol. The second kappa shape index (κ2) is 9.86. The molecule has 0 spiro atoms. The molecule has 0 saturated carbocycles. The number of nitrogens with zero attached hydrogens (tertiary/aromatic N) is 5. The zero-order chi connectivity index (χ0) is 27.0. The van der Waals surface area contributed by atoms with Gasteiger partial charge in [-0.1, -0.05) is 24.3 Å². The molecule has 2 aliphatic heterocycles. The monoisotopic (exact) mass is 527 g/mol. The molecule has 2 heterocycles. The van der Waals surface area contributed by atoms with Crippen LogP contribution in [0.4, 0.5) is 40.3 Å². The molecule has 0 atom stereocenters. The molecule has 38 heavy (non-hydrogen) atoms. The van der Waals surface area contributed by atoms with E-state index < -0.39 is 28.2 Å². The number of para-hydroxylation sites is 1. The minimum atomic E-state index is -4.68. The summed E-state index contributed by atoms with van der Waals surface area (Å²) in [6.45, 7) is 1.70. The minimum Gasteiger partial charge on any atom is -0.363 e. The maximum atomic E-state index is 13.7. The molecular weight excluding hydrogens is 506 g/mol. The van der Waals surface area contributed by atoms with Crippen LogP contribution in [-0.4, -0.2) is 54.3 Å². The maximum absolute atomic E-state index is 13.7. The predicted octanol–water partition coefficient (Wildman–Crippen LogP) is 5.00. The number of hydrogen-bond acceptors (Lipinski definition) is 6. The molecule has 1 fully saturated rings. The van der Waals surface area contributed by atoms with E-state index in [9.17, 15) is 32.5 Å². The molecule has 5 rings (SSSR count). The molecular formula is C26H21F4N5O3. The molecule has 8 nitrogen and oxygen atoms in total. The van der Waals surface area contributed by atoms with Gasteiger partial charge in [0.15, 0.2) is 0 Å². The number of carbonyl (C=O) groups excluding carboxylic acids is 1. The third kappa shape index (κ3) is 4.94. The van der Waals surface area contributed by atoms with Gasteiger partial charge in [0.1, 0.15) is 17.2 Å². The first-order valence-corrected chi connectivity index (χ1v) is 11.7. The van der Waals surface area contributed by atoms with E-state index in [4.69, 9.17) is 0 Å². The summed E-state index contributed by atoms with van der Waals surface area (Å²) < 4.78 is 52.8. The van der Waals surface area contributed by atoms with Crippen molar-refractivity contribution in [3.05, 3.63) is 93.8 Å². The Bertz CT molecular complexity index is 1430. The van der Waals surface area contributed by atoms with Gasteiger partial charge in [-0.25, -0.2) is 9.38 Å². The summed E-state index contributed by atoms with van der Waals surface area (Å²) in [4.78, 5) is 33.7. The largest absolute Gasteiger partial charge is 0.416 e. The Hall–Kier alpha value is -4.32. The van der Waals surface area contributed by atoms with Crippen LogP contribution in [0.15, 0.2) is 71.7 Å². The third-order valence-corrected chi connectivity index (χ3v) is 6.50. The van der Waals surface area contributed by atoms with Crippen LogP contribution in [0.1, 0.15) is 11.1 Å². The first kappa shape index (κ1) is 25.3. The molecule has 3 aromatic carbocycles. The van der Waals surface area contributed by atoms with E-state index in [0.29, 0.717) is 49.2 Å². The molecule has 3 aromatic rings. The van der Waals surface area contributed by atoms with Crippen molar-refractivity contribution in [1.82, 2.24) is 4.90 Å².